The van der Waals surface area contributed by atoms with Crippen molar-refractivity contribution >= 4 is 22.4 Å². The molecule has 6 heteroatoms. The topological polar surface area (TPSA) is 54.5 Å². The van der Waals surface area contributed by atoms with Gasteiger partial charge >= 0.3 is 0 Å². The smallest absolute Gasteiger partial charge is 0.233 e. The number of ether oxygens (including phenoxy) is 1. The molecule has 0 spiro atoms. The molecule has 0 saturated carbocycles. The molecule has 0 radical (unpaired) electrons. The number of anilines is 1. The maximum atomic E-state index is 12.8. The first-order chi connectivity index (χ1) is 13.1. The van der Waals surface area contributed by atoms with E-state index in [1.807, 2.05) is 6.07 Å². The summed E-state index contributed by atoms with van der Waals surface area (Å²) in [6.07, 6.45) is 3.53. The summed E-state index contributed by atoms with van der Waals surface area (Å²) in [6, 6.07) is 8.31. The summed E-state index contributed by atoms with van der Waals surface area (Å²) < 4.78 is 5.79. The van der Waals surface area contributed by atoms with Crippen molar-refractivity contribution in [3.05, 3.63) is 46.5 Å². The number of fused-ring (bicyclic) bond motifs is 1. The molecule has 3 atom stereocenters. The van der Waals surface area contributed by atoms with Gasteiger partial charge in [0.05, 0.1) is 23.8 Å². The van der Waals surface area contributed by atoms with E-state index in [1.165, 1.54) is 22.5 Å². The molecule has 1 aromatic carbocycles. The first-order valence-corrected chi connectivity index (χ1v) is 10.7. The summed E-state index contributed by atoms with van der Waals surface area (Å²) in [5.74, 6) is -0.0000839. The van der Waals surface area contributed by atoms with E-state index >= 15 is 0 Å². The predicted octanol–water partition coefficient (Wildman–Crippen LogP) is 3.81. The summed E-state index contributed by atoms with van der Waals surface area (Å²) in [5.41, 5.74) is 3.49. The molecule has 1 N–H and O–H groups in total. The van der Waals surface area contributed by atoms with E-state index in [4.69, 9.17) is 4.74 Å². The normalized spacial score (nSPS) is 25.8. The largest absolute Gasteiger partial charge is 0.373 e. The number of nitrogens with one attached hydrogen (secondary N) is 1. The summed E-state index contributed by atoms with van der Waals surface area (Å²) in [6.45, 7) is 6.86. The van der Waals surface area contributed by atoms with Crippen LogP contribution >= 0.6 is 11.3 Å². The number of carbonyl (C=O) groups is 1. The van der Waals surface area contributed by atoms with E-state index in [0.29, 0.717) is 5.13 Å². The summed E-state index contributed by atoms with van der Waals surface area (Å²) >= 11 is 1.51. The lowest BCUT2D eigenvalue weighted by Crippen LogP contribution is -2.44. The molecule has 27 heavy (non-hydrogen) atoms. The Morgan fingerprint density at radius 3 is 2.89 bits per heavy atom. The number of rotatable bonds is 4. The molecule has 144 valence electrons. The van der Waals surface area contributed by atoms with Crippen LogP contribution in [0.2, 0.25) is 0 Å². The molecule has 1 aliphatic heterocycles. The van der Waals surface area contributed by atoms with Crippen molar-refractivity contribution in [2.45, 2.75) is 57.8 Å². The number of nitrogens with zero attached hydrogens (tertiary/aromatic N) is 2. The van der Waals surface area contributed by atoms with Crippen LogP contribution in [0.1, 0.15) is 49.4 Å². The number of aryl methyl sites for hydroxylation is 1. The Hall–Kier alpha value is -1.76. The van der Waals surface area contributed by atoms with Gasteiger partial charge in [0, 0.05) is 25.0 Å². The van der Waals surface area contributed by atoms with Gasteiger partial charge in [-0.05, 0) is 44.2 Å². The van der Waals surface area contributed by atoms with Gasteiger partial charge in [-0.1, -0.05) is 24.3 Å². The summed E-state index contributed by atoms with van der Waals surface area (Å²) in [5, 5.41) is 5.81. The van der Waals surface area contributed by atoms with Gasteiger partial charge in [0.25, 0.3) is 0 Å². The van der Waals surface area contributed by atoms with E-state index in [2.05, 4.69) is 52.6 Å². The first kappa shape index (κ1) is 18.6. The second-order valence-corrected chi connectivity index (χ2v) is 8.59. The minimum absolute atomic E-state index is 0.0664. The van der Waals surface area contributed by atoms with Crippen molar-refractivity contribution < 1.29 is 9.53 Å². The maximum absolute atomic E-state index is 12.8. The summed E-state index contributed by atoms with van der Waals surface area (Å²) in [7, 11) is 0. The van der Waals surface area contributed by atoms with Crippen molar-refractivity contribution in [3.8, 4) is 0 Å². The van der Waals surface area contributed by atoms with Gasteiger partial charge in [-0.25, -0.2) is 4.98 Å². The average molecular weight is 386 g/mol. The molecule has 1 aliphatic carbocycles. The number of hydrogen-bond donors (Lipinski definition) is 1. The van der Waals surface area contributed by atoms with E-state index in [0.717, 1.165) is 44.6 Å². The molecule has 0 bridgehead atoms. The SMILES string of the molecule is CC1CN(Cc2csc(NC(=O)C3CCCc4ccccc43)n2)CC(C)O1. The highest BCUT2D eigenvalue weighted by atomic mass is 32.1. The van der Waals surface area contributed by atoms with E-state index in [-0.39, 0.29) is 24.0 Å². The van der Waals surface area contributed by atoms with Crippen molar-refractivity contribution in [1.82, 2.24) is 9.88 Å². The summed E-state index contributed by atoms with van der Waals surface area (Å²) in [4.78, 5) is 19.9. The van der Waals surface area contributed by atoms with Crippen LogP contribution in [0.15, 0.2) is 29.6 Å². The van der Waals surface area contributed by atoms with Crippen molar-refractivity contribution in [2.24, 2.45) is 0 Å². The molecule has 5 nitrogen and oxygen atoms in total. The monoisotopic (exact) mass is 385 g/mol. The molecule has 2 aliphatic rings. The second kappa shape index (κ2) is 8.09. The fraction of sp³-hybridized carbons (Fsp3) is 0.524. The second-order valence-electron chi connectivity index (χ2n) is 7.73. The number of benzene rings is 1. The highest BCUT2D eigenvalue weighted by Gasteiger charge is 2.27. The fourth-order valence-electron chi connectivity index (χ4n) is 4.30. The Morgan fingerprint density at radius 2 is 2.07 bits per heavy atom. The van der Waals surface area contributed by atoms with Gasteiger partial charge in [-0.3, -0.25) is 9.69 Å². The Kier molecular flexibility index (Phi) is 5.57. The van der Waals surface area contributed by atoms with Crippen LogP contribution in [-0.2, 0) is 22.5 Å². The van der Waals surface area contributed by atoms with Crippen LogP contribution < -0.4 is 5.32 Å². The minimum Gasteiger partial charge on any atom is -0.373 e. The molecule has 2 heterocycles. The zero-order chi connectivity index (χ0) is 18.8. The molecule has 4 rings (SSSR count). The Bertz CT molecular complexity index is 796. The van der Waals surface area contributed by atoms with E-state index in [1.54, 1.807) is 0 Å². The van der Waals surface area contributed by atoms with Gasteiger partial charge in [0.15, 0.2) is 5.13 Å². The number of aromatic nitrogens is 1. The Balaban J connectivity index is 1.39. The van der Waals surface area contributed by atoms with Crippen molar-refractivity contribution in [1.29, 1.82) is 0 Å². The number of amides is 1. The average Bonchev–Trinajstić information content (AvgIpc) is 3.07. The highest BCUT2D eigenvalue weighted by molar-refractivity contribution is 7.13. The number of hydrogen-bond acceptors (Lipinski definition) is 5. The van der Waals surface area contributed by atoms with E-state index in [9.17, 15) is 4.79 Å². The highest BCUT2D eigenvalue weighted by Crippen LogP contribution is 2.32. The zero-order valence-corrected chi connectivity index (χ0v) is 16.8. The number of carbonyl (C=O) groups excluding carboxylic acids is 1. The first-order valence-electron chi connectivity index (χ1n) is 9.79. The van der Waals surface area contributed by atoms with Crippen LogP contribution in [0, 0.1) is 0 Å². The molecule has 1 fully saturated rings. The quantitative estimate of drug-likeness (QED) is 0.870. The minimum atomic E-state index is -0.0664. The lowest BCUT2D eigenvalue weighted by atomic mass is 9.82. The molecule has 1 aromatic heterocycles. The van der Waals surface area contributed by atoms with Crippen LogP contribution in [0.5, 0.6) is 0 Å². The third-order valence-electron chi connectivity index (χ3n) is 5.35. The number of thiazole rings is 1. The van der Waals surface area contributed by atoms with Gasteiger partial charge in [0.1, 0.15) is 0 Å². The zero-order valence-electron chi connectivity index (χ0n) is 16.0. The van der Waals surface area contributed by atoms with Crippen molar-refractivity contribution in [3.63, 3.8) is 0 Å². The standard InChI is InChI=1S/C21H27N3O2S/c1-14-10-24(11-15(2)26-14)12-17-13-27-21(22-17)23-20(25)19-9-5-7-16-6-3-4-8-18(16)19/h3-4,6,8,13-15,19H,5,7,9-12H2,1-2H3,(H,22,23,25). The van der Waals surface area contributed by atoms with Gasteiger partial charge in [-0.2, -0.15) is 0 Å². The predicted molar refractivity (Wildman–Crippen MR) is 108 cm³/mol. The van der Waals surface area contributed by atoms with Crippen molar-refractivity contribution in [2.75, 3.05) is 18.4 Å². The van der Waals surface area contributed by atoms with Crippen LogP contribution in [0.3, 0.4) is 0 Å². The molecule has 2 aromatic rings. The Morgan fingerprint density at radius 1 is 1.30 bits per heavy atom. The third kappa shape index (κ3) is 4.39. The molecule has 3 unspecified atom stereocenters. The third-order valence-corrected chi connectivity index (χ3v) is 6.16. The molecule has 1 saturated heterocycles. The number of morpholine rings is 1. The molecule has 1 amide bonds. The lowest BCUT2D eigenvalue weighted by molar-refractivity contribution is -0.117. The lowest BCUT2D eigenvalue weighted by Gasteiger charge is -2.34. The van der Waals surface area contributed by atoms with Gasteiger partial charge < -0.3 is 10.1 Å². The van der Waals surface area contributed by atoms with Crippen LogP contribution in [0.4, 0.5) is 5.13 Å². The van der Waals surface area contributed by atoms with Crippen LogP contribution in [0.25, 0.3) is 0 Å². The van der Waals surface area contributed by atoms with Crippen LogP contribution in [-0.4, -0.2) is 41.1 Å². The maximum Gasteiger partial charge on any atom is 0.233 e. The molecular formula is C21H27N3O2S. The van der Waals surface area contributed by atoms with Gasteiger partial charge in [-0.15, -0.1) is 11.3 Å². The molecular weight excluding hydrogens is 358 g/mol. The fourth-order valence-corrected chi connectivity index (χ4v) is 5.00. The van der Waals surface area contributed by atoms with Gasteiger partial charge in [0.2, 0.25) is 5.91 Å². The Labute approximate surface area is 164 Å². The van der Waals surface area contributed by atoms with E-state index < -0.39 is 0 Å².